The molecule has 2 rings (SSSR count). The van der Waals surface area contributed by atoms with Gasteiger partial charge in [-0.2, -0.15) is 11.3 Å². The van der Waals surface area contributed by atoms with E-state index in [1.807, 2.05) is 0 Å². The van der Waals surface area contributed by atoms with Crippen molar-refractivity contribution < 1.29 is 0 Å². The zero-order chi connectivity index (χ0) is 9.64. The Balaban J connectivity index is 1.79. The first-order valence-corrected chi connectivity index (χ1v) is 5.40. The highest BCUT2D eigenvalue weighted by Crippen LogP contribution is 2.06. The molecule has 0 aliphatic rings. The zero-order valence-electron chi connectivity index (χ0n) is 7.68. The molecular formula is C10H11N3S. The molecule has 0 aliphatic carbocycles. The van der Waals surface area contributed by atoms with Crippen LogP contribution in [-0.4, -0.2) is 16.5 Å². The van der Waals surface area contributed by atoms with Gasteiger partial charge in [-0.15, -0.1) is 0 Å². The van der Waals surface area contributed by atoms with Crippen LogP contribution in [0.15, 0.2) is 35.4 Å². The highest BCUT2D eigenvalue weighted by atomic mass is 32.1. The predicted molar refractivity (Wildman–Crippen MR) is 58.5 cm³/mol. The van der Waals surface area contributed by atoms with Crippen LogP contribution in [-0.2, 0) is 6.42 Å². The van der Waals surface area contributed by atoms with Gasteiger partial charge in [-0.3, -0.25) is 4.98 Å². The van der Waals surface area contributed by atoms with E-state index in [1.54, 1.807) is 29.9 Å². The van der Waals surface area contributed by atoms with Crippen molar-refractivity contribution in [1.29, 1.82) is 0 Å². The van der Waals surface area contributed by atoms with Gasteiger partial charge in [0, 0.05) is 18.9 Å². The molecule has 14 heavy (non-hydrogen) atoms. The van der Waals surface area contributed by atoms with Gasteiger partial charge < -0.3 is 5.32 Å². The minimum Gasteiger partial charge on any atom is -0.368 e. The van der Waals surface area contributed by atoms with Crippen molar-refractivity contribution >= 4 is 17.2 Å². The van der Waals surface area contributed by atoms with E-state index in [-0.39, 0.29) is 0 Å². The first-order chi connectivity index (χ1) is 6.95. The van der Waals surface area contributed by atoms with Gasteiger partial charge in [-0.1, -0.05) is 0 Å². The van der Waals surface area contributed by atoms with Crippen LogP contribution in [0.5, 0.6) is 0 Å². The first-order valence-electron chi connectivity index (χ1n) is 4.46. The molecule has 0 spiro atoms. The highest BCUT2D eigenvalue weighted by molar-refractivity contribution is 7.07. The fraction of sp³-hybridized carbons (Fsp3) is 0.200. The van der Waals surface area contributed by atoms with E-state index in [1.165, 1.54) is 5.56 Å². The monoisotopic (exact) mass is 205 g/mol. The molecule has 0 aromatic carbocycles. The number of aromatic nitrogens is 2. The molecule has 0 aliphatic heterocycles. The van der Waals surface area contributed by atoms with E-state index in [0.717, 1.165) is 18.8 Å². The lowest BCUT2D eigenvalue weighted by molar-refractivity contribution is 1.01. The van der Waals surface area contributed by atoms with E-state index in [4.69, 9.17) is 0 Å². The van der Waals surface area contributed by atoms with Crippen LogP contribution in [0.1, 0.15) is 5.56 Å². The number of nitrogens with zero attached hydrogens (tertiary/aromatic N) is 2. The van der Waals surface area contributed by atoms with E-state index in [2.05, 4.69) is 32.1 Å². The molecule has 0 saturated heterocycles. The minimum absolute atomic E-state index is 0.836. The lowest BCUT2D eigenvalue weighted by Crippen LogP contribution is -2.05. The van der Waals surface area contributed by atoms with E-state index >= 15 is 0 Å². The van der Waals surface area contributed by atoms with Crippen molar-refractivity contribution in [2.45, 2.75) is 6.42 Å². The number of anilines is 1. The molecule has 0 fully saturated rings. The van der Waals surface area contributed by atoms with Gasteiger partial charge in [0.15, 0.2) is 0 Å². The van der Waals surface area contributed by atoms with Gasteiger partial charge in [-0.05, 0) is 28.8 Å². The Labute approximate surface area is 86.8 Å². The Bertz CT molecular complexity index is 358. The molecule has 0 atom stereocenters. The van der Waals surface area contributed by atoms with Crippen molar-refractivity contribution in [2.75, 3.05) is 11.9 Å². The molecule has 2 aromatic heterocycles. The number of hydrogen-bond acceptors (Lipinski definition) is 4. The van der Waals surface area contributed by atoms with Crippen LogP contribution < -0.4 is 5.32 Å². The molecule has 0 bridgehead atoms. The molecule has 0 radical (unpaired) electrons. The van der Waals surface area contributed by atoms with E-state index in [9.17, 15) is 0 Å². The van der Waals surface area contributed by atoms with E-state index in [0.29, 0.717) is 0 Å². The van der Waals surface area contributed by atoms with Crippen molar-refractivity contribution in [3.63, 3.8) is 0 Å². The van der Waals surface area contributed by atoms with Gasteiger partial charge in [0.05, 0.1) is 6.20 Å². The smallest absolute Gasteiger partial charge is 0.144 e. The lowest BCUT2D eigenvalue weighted by Gasteiger charge is -2.02. The standard InChI is InChI=1S/C10H11N3S/c1(9-2-6-14-8-9)3-12-10-7-11-4-5-13-10/h2,4-8H,1,3H2,(H,12,13). The molecule has 0 unspecified atom stereocenters. The molecule has 2 aromatic rings. The Hall–Kier alpha value is -1.42. The average molecular weight is 205 g/mol. The summed E-state index contributed by atoms with van der Waals surface area (Å²) >= 11 is 1.73. The molecule has 1 N–H and O–H groups in total. The Morgan fingerprint density at radius 3 is 3.07 bits per heavy atom. The van der Waals surface area contributed by atoms with E-state index < -0.39 is 0 Å². The summed E-state index contributed by atoms with van der Waals surface area (Å²) < 4.78 is 0. The van der Waals surface area contributed by atoms with Crippen molar-refractivity contribution in [3.8, 4) is 0 Å². The predicted octanol–water partition coefficient (Wildman–Crippen LogP) is 2.19. The Morgan fingerprint density at radius 1 is 1.36 bits per heavy atom. The SMILES string of the molecule is c1cnc(NCCc2ccsc2)cn1. The van der Waals surface area contributed by atoms with Gasteiger partial charge in [-0.25, -0.2) is 4.98 Å². The van der Waals surface area contributed by atoms with Crippen molar-refractivity contribution in [2.24, 2.45) is 0 Å². The summed E-state index contributed by atoms with van der Waals surface area (Å²) in [6.45, 7) is 0.898. The first kappa shape index (κ1) is 9.15. The zero-order valence-corrected chi connectivity index (χ0v) is 8.50. The van der Waals surface area contributed by atoms with Crippen LogP contribution in [0.4, 0.5) is 5.82 Å². The third kappa shape index (κ3) is 2.53. The number of hydrogen-bond donors (Lipinski definition) is 1. The second-order valence-electron chi connectivity index (χ2n) is 2.90. The lowest BCUT2D eigenvalue weighted by atomic mass is 10.2. The molecule has 72 valence electrons. The number of rotatable bonds is 4. The van der Waals surface area contributed by atoms with Crippen LogP contribution in [0, 0.1) is 0 Å². The summed E-state index contributed by atoms with van der Waals surface area (Å²) in [4.78, 5) is 8.10. The fourth-order valence-electron chi connectivity index (χ4n) is 1.16. The quantitative estimate of drug-likeness (QED) is 0.831. The van der Waals surface area contributed by atoms with Crippen LogP contribution in [0.25, 0.3) is 0 Å². The summed E-state index contributed by atoms with van der Waals surface area (Å²) in [5.41, 5.74) is 1.37. The summed E-state index contributed by atoms with van der Waals surface area (Å²) in [5, 5.41) is 7.47. The molecule has 2 heterocycles. The van der Waals surface area contributed by atoms with Crippen molar-refractivity contribution in [1.82, 2.24) is 9.97 Å². The molecule has 3 nitrogen and oxygen atoms in total. The summed E-state index contributed by atoms with van der Waals surface area (Å²) in [6, 6.07) is 2.14. The summed E-state index contributed by atoms with van der Waals surface area (Å²) in [5.74, 6) is 0.836. The van der Waals surface area contributed by atoms with Crippen LogP contribution >= 0.6 is 11.3 Å². The fourth-order valence-corrected chi connectivity index (χ4v) is 1.86. The maximum absolute atomic E-state index is 4.13. The molecule has 0 saturated carbocycles. The summed E-state index contributed by atoms with van der Waals surface area (Å²) in [6.07, 6.45) is 6.12. The third-order valence-electron chi connectivity index (χ3n) is 1.86. The van der Waals surface area contributed by atoms with Crippen molar-refractivity contribution in [3.05, 3.63) is 41.0 Å². The Morgan fingerprint density at radius 2 is 2.36 bits per heavy atom. The van der Waals surface area contributed by atoms with Gasteiger partial charge in [0.1, 0.15) is 5.82 Å². The molecule has 4 heteroatoms. The molecule has 0 amide bonds. The maximum atomic E-state index is 4.13. The second kappa shape index (κ2) is 4.72. The summed E-state index contributed by atoms with van der Waals surface area (Å²) in [7, 11) is 0. The average Bonchev–Trinajstić information content (AvgIpc) is 2.72. The number of nitrogens with one attached hydrogen (secondary N) is 1. The topological polar surface area (TPSA) is 37.8 Å². The number of thiophene rings is 1. The van der Waals surface area contributed by atoms with Crippen LogP contribution in [0.3, 0.4) is 0 Å². The van der Waals surface area contributed by atoms with Crippen LogP contribution in [0.2, 0.25) is 0 Å². The molecular weight excluding hydrogens is 194 g/mol. The Kier molecular flexibility index (Phi) is 3.08. The largest absolute Gasteiger partial charge is 0.368 e. The highest BCUT2D eigenvalue weighted by Gasteiger charge is 1.94. The maximum Gasteiger partial charge on any atom is 0.144 e. The minimum atomic E-state index is 0.836. The third-order valence-corrected chi connectivity index (χ3v) is 2.60. The van der Waals surface area contributed by atoms with Gasteiger partial charge >= 0.3 is 0 Å². The normalized spacial score (nSPS) is 10.0. The van der Waals surface area contributed by atoms with Gasteiger partial charge in [0.2, 0.25) is 0 Å². The second-order valence-corrected chi connectivity index (χ2v) is 3.68. The van der Waals surface area contributed by atoms with Gasteiger partial charge in [0.25, 0.3) is 0 Å².